The summed E-state index contributed by atoms with van der Waals surface area (Å²) in [6.45, 7) is 0.0783. The maximum absolute atomic E-state index is 13.5. The molecule has 0 atom stereocenters. The number of rotatable bonds is 8. The summed E-state index contributed by atoms with van der Waals surface area (Å²) in [4.78, 5) is 0.0681. The van der Waals surface area contributed by atoms with E-state index in [1.54, 1.807) is 12.1 Å². The Bertz CT molecular complexity index is 826. The first-order valence-electron chi connectivity index (χ1n) is 7.46. The zero-order valence-corrected chi connectivity index (χ0v) is 15.0. The molecule has 2 rings (SSSR count). The van der Waals surface area contributed by atoms with Gasteiger partial charge in [0.25, 0.3) is 0 Å². The molecule has 0 fully saturated rings. The Morgan fingerprint density at radius 3 is 2.32 bits per heavy atom. The van der Waals surface area contributed by atoms with Crippen molar-refractivity contribution < 1.29 is 27.0 Å². The largest absolute Gasteiger partial charge is 0.493 e. The molecule has 0 radical (unpaired) electrons. The Morgan fingerprint density at radius 2 is 1.68 bits per heavy atom. The number of hydrogen-bond acceptors (Lipinski definition) is 5. The van der Waals surface area contributed by atoms with Gasteiger partial charge in [0.05, 0.1) is 19.1 Å². The molecule has 0 spiro atoms. The zero-order chi connectivity index (χ0) is 18.4. The first kappa shape index (κ1) is 19.0. The van der Waals surface area contributed by atoms with Crippen LogP contribution in [0.1, 0.15) is 0 Å². The average Bonchev–Trinajstić information content (AvgIpc) is 2.62. The van der Waals surface area contributed by atoms with Crippen molar-refractivity contribution in [3.8, 4) is 17.2 Å². The third kappa shape index (κ3) is 4.40. The first-order chi connectivity index (χ1) is 11.9. The van der Waals surface area contributed by atoms with Crippen LogP contribution in [0.3, 0.4) is 0 Å². The van der Waals surface area contributed by atoms with Crippen LogP contribution in [0.4, 0.5) is 4.39 Å². The summed E-state index contributed by atoms with van der Waals surface area (Å²) in [5.74, 6) is 0.346. The second-order valence-corrected chi connectivity index (χ2v) is 7.17. The molecule has 25 heavy (non-hydrogen) atoms. The Kier molecular flexibility index (Phi) is 6.22. The quantitative estimate of drug-likeness (QED) is 0.715. The molecule has 0 aliphatic carbocycles. The van der Waals surface area contributed by atoms with Crippen molar-refractivity contribution in [1.82, 2.24) is 4.31 Å². The van der Waals surface area contributed by atoms with Gasteiger partial charge in [0.15, 0.2) is 23.1 Å². The number of halogens is 1. The molecule has 0 N–H and O–H groups in total. The van der Waals surface area contributed by atoms with E-state index in [1.807, 2.05) is 0 Å². The molecule has 0 saturated carbocycles. The Morgan fingerprint density at radius 1 is 1.00 bits per heavy atom. The maximum atomic E-state index is 13.5. The molecule has 0 bridgehead atoms. The van der Waals surface area contributed by atoms with Crippen molar-refractivity contribution in [1.29, 1.82) is 0 Å². The summed E-state index contributed by atoms with van der Waals surface area (Å²) in [5.41, 5.74) is 0. The number of nitrogens with zero attached hydrogens (tertiary/aromatic N) is 1. The first-order valence-corrected chi connectivity index (χ1v) is 8.90. The van der Waals surface area contributed by atoms with Gasteiger partial charge < -0.3 is 14.2 Å². The Hall–Kier alpha value is -2.32. The summed E-state index contributed by atoms with van der Waals surface area (Å²) in [6, 6.07) is 10.3. The number of methoxy groups -OCH3 is 2. The molecule has 0 saturated heterocycles. The van der Waals surface area contributed by atoms with E-state index < -0.39 is 15.8 Å². The summed E-state index contributed by atoms with van der Waals surface area (Å²) in [6.07, 6.45) is 0. The van der Waals surface area contributed by atoms with E-state index in [0.29, 0.717) is 11.5 Å². The number of benzene rings is 2. The van der Waals surface area contributed by atoms with E-state index in [4.69, 9.17) is 14.2 Å². The van der Waals surface area contributed by atoms with E-state index in [0.717, 1.165) is 4.31 Å². The van der Waals surface area contributed by atoms with Crippen molar-refractivity contribution in [3.63, 3.8) is 0 Å². The van der Waals surface area contributed by atoms with Crippen LogP contribution in [0.2, 0.25) is 0 Å². The molecule has 2 aromatic rings. The summed E-state index contributed by atoms with van der Waals surface area (Å²) >= 11 is 0. The van der Waals surface area contributed by atoms with Gasteiger partial charge in [-0.25, -0.2) is 12.8 Å². The molecule has 0 aliphatic rings. The lowest BCUT2D eigenvalue weighted by molar-refractivity contribution is 0.275. The highest BCUT2D eigenvalue weighted by Gasteiger charge is 2.22. The number of para-hydroxylation sites is 1. The number of likely N-dealkylation sites (N-methyl/N-ethyl adjacent to an activating group) is 1. The molecule has 136 valence electrons. The van der Waals surface area contributed by atoms with Crippen molar-refractivity contribution in [2.75, 3.05) is 34.4 Å². The fourth-order valence-corrected chi connectivity index (χ4v) is 3.29. The van der Waals surface area contributed by atoms with Gasteiger partial charge in [0.1, 0.15) is 6.61 Å². The van der Waals surface area contributed by atoms with Crippen LogP contribution < -0.4 is 14.2 Å². The molecule has 6 nitrogen and oxygen atoms in total. The smallest absolute Gasteiger partial charge is 0.243 e. The summed E-state index contributed by atoms with van der Waals surface area (Å²) in [5, 5.41) is 0. The SMILES string of the molecule is COc1ccc(S(=O)(=O)N(C)CCOc2ccccc2F)cc1OC. The van der Waals surface area contributed by atoms with E-state index in [9.17, 15) is 12.8 Å². The molecule has 8 heteroatoms. The van der Waals surface area contributed by atoms with Crippen molar-refractivity contribution in [3.05, 3.63) is 48.3 Å². The fraction of sp³-hybridized carbons (Fsp3) is 0.294. The molecule has 0 heterocycles. The summed E-state index contributed by atoms with van der Waals surface area (Å²) < 4.78 is 55.4. The maximum Gasteiger partial charge on any atom is 0.243 e. The predicted molar refractivity (Wildman–Crippen MR) is 91.3 cm³/mol. The van der Waals surface area contributed by atoms with Gasteiger partial charge in [-0.1, -0.05) is 12.1 Å². The molecule has 0 aliphatic heterocycles. The minimum absolute atomic E-state index is 0.0178. The van der Waals surface area contributed by atoms with E-state index >= 15 is 0 Å². The Balaban J connectivity index is 2.07. The van der Waals surface area contributed by atoms with Crippen LogP contribution in [-0.4, -0.2) is 47.1 Å². The minimum atomic E-state index is -3.74. The highest BCUT2D eigenvalue weighted by atomic mass is 32.2. The summed E-state index contributed by atoms with van der Waals surface area (Å²) in [7, 11) is 0.591. The van der Waals surface area contributed by atoms with Crippen molar-refractivity contribution in [2.24, 2.45) is 0 Å². The van der Waals surface area contributed by atoms with Gasteiger partial charge in [-0.3, -0.25) is 0 Å². The topological polar surface area (TPSA) is 65.1 Å². The van der Waals surface area contributed by atoms with Crippen LogP contribution in [0.25, 0.3) is 0 Å². The average molecular weight is 369 g/mol. The third-order valence-corrected chi connectivity index (χ3v) is 5.42. The highest BCUT2D eigenvalue weighted by molar-refractivity contribution is 7.89. The van der Waals surface area contributed by atoms with Crippen LogP contribution >= 0.6 is 0 Å². The predicted octanol–water partition coefficient (Wildman–Crippen LogP) is 2.54. The number of hydrogen-bond donors (Lipinski definition) is 0. The molecule has 2 aromatic carbocycles. The van der Waals surface area contributed by atoms with Gasteiger partial charge in [-0.05, 0) is 24.3 Å². The van der Waals surface area contributed by atoms with Crippen LogP contribution in [0.5, 0.6) is 17.2 Å². The molecule has 0 aromatic heterocycles. The minimum Gasteiger partial charge on any atom is -0.493 e. The van der Waals surface area contributed by atoms with Crippen molar-refractivity contribution >= 4 is 10.0 Å². The van der Waals surface area contributed by atoms with Gasteiger partial charge in [-0.2, -0.15) is 4.31 Å². The zero-order valence-electron chi connectivity index (χ0n) is 14.2. The van der Waals surface area contributed by atoms with E-state index in [2.05, 4.69) is 0 Å². The van der Waals surface area contributed by atoms with Gasteiger partial charge in [0, 0.05) is 19.7 Å². The third-order valence-electron chi connectivity index (χ3n) is 3.56. The monoisotopic (exact) mass is 369 g/mol. The lowest BCUT2D eigenvalue weighted by Gasteiger charge is -2.18. The van der Waals surface area contributed by atoms with Crippen LogP contribution in [0, 0.1) is 5.82 Å². The fourth-order valence-electron chi connectivity index (χ4n) is 2.12. The van der Waals surface area contributed by atoms with Gasteiger partial charge >= 0.3 is 0 Å². The lowest BCUT2D eigenvalue weighted by atomic mass is 10.3. The van der Waals surface area contributed by atoms with Crippen LogP contribution in [-0.2, 0) is 10.0 Å². The standard InChI is InChI=1S/C17H20FNO5S/c1-19(10-11-24-15-7-5-4-6-14(15)18)25(20,21)13-8-9-16(22-2)17(12-13)23-3/h4-9,12H,10-11H2,1-3H3. The lowest BCUT2D eigenvalue weighted by Crippen LogP contribution is -2.31. The van der Waals surface area contributed by atoms with Gasteiger partial charge in [0.2, 0.25) is 10.0 Å². The normalized spacial score (nSPS) is 11.4. The molecule has 0 unspecified atom stereocenters. The van der Waals surface area contributed by atoms with E-state index in [-0.39, 0.29) is 23.8 Å². The molecular weight excluding hydrogens is 349 g/mol. The molecule has 0 amide bonds. The number of sulfonamides is 1. The van der Waals surface area contributed by atoms with Crippen molar-refractivity contribution in [2.45, 2.75) is 4.90 Å². The van der Waals surface area contributed by atoms with E-state index in [1.165, 1.54) is 51.6 Å². The van der Waals surface area contributed by atoms with Crippen LogP contribution in [0.15, 0.2) is 47.4 Å². The number of ether oxygens (including phenoxy) is 3. The second-order valence-electron chi connectivity index (χ2n) is 5.12. The highest BCUT2D eigenvalue weighted by Crippen LogP contribution is 2.30. The Labute approximate surface area is 146 Å². The van der Waals surface area contributed by atoms with Gasteiger partial charge in [-0.15, -0.1) is 0 Å². The second kappa shape index (κ2) is 8.17. The molecular formula is C17H20FNO5S.